The lowest BCUT2D eigenvalue weighted by Crippen LogP contribution is -2.42. The Morgan fingerprint density at radius 3 is 2.43 bits per heavy atom. The number of carbonyl (C=O) groups excluding carboxylic acids is 1. The number of likely N-dealkylation sites (tertiary alicyclic amines) is 1. The molecule has 4 rings (SSSR count). The lowest BCUT2D eigenvalue weighted by molar-refractivity contribution is -0.140. The maximum absolute atomic E-state index is 13.5. The molecule has 4 nitrogen and oxygen atoms in total. The van der Waals surface area contributed by atoms with Gasteiger partial charge in [0.2, 0.25) is 5.91 Å². The number of aliphatic hydroxyl groups excluding tert-OH is 1. The van der Waals surface area contributed by atoms with Crippen LogP contribution in [0.2, 0.25) is 0 Å². The van der Waals surface area contributed by atoms with Gasteiger partial charge in [0.1, 0.15) is 17.7 Å². The van der Waals surface area contributed by atoms with Crippen molar-refractivity contribution in [1.29, 1.82) is 0 Å². The van der Waals surface area contributed by atoms with E-state index in [9.17, 15) is 27.5 Å². The number of ether oxygens (including phenoxy) is 1. The number of aliphatic hydroxyl groups is 1. The average molecular weight is 401 g/mol. The molecule has 2 saturated carbocycles. The van der Waals surface area contributed by atoms with Crippen LogP contribution in [-0.4, -0.2) is 41.2 Å². The van der Waals surface area contributed by atoms with Crippen molar-refractivity contribution in [3.05, 3.63) is 29.6 Å². The summed E-state index contributed by atoms with van der Waals surface area (Å²) in [6.45, 7) is 1.22. The molecule has 0 bridgehead atoms. The number of rotatable bonds is 3. The van der Waals surface area contributed by atoms with Gasteiger partial charge in [-0.15, -0.1) is 0 Å². The zero-order valence-electron chi connectivity index (χ0n) is 15.3. The van der Waals surface area contributed by atoms with Crippen LogP contribution in [0.5, 0.6) is 5.75 Å². The maximum atomic E-state index is 13.5. The van der Waals surface area contributed by atoms with Crippen LogP contribution in [-0.2, 0) is 11.0 Å². The molecule has 1 heterocycles. The zero-order valence-corrected chi connectivity index (χ0v) is 15.3. The number of halogens is 4. The number of hydrogen-bond acceptors (Lipinski definition) is 3. The van der Waals surface area contributed by atoms with Crippen LogP contribution < -0.4 is 4.74 Å². The summed E-state index contributed by atoms with van der Waals surface area (Å²) in [7, 11) is 0. The minimum Gasteiger partial charge on any atom is -0.488 e. The minimum atomic E-state index is -4.81. The van der Waals surface area contributed by atoms with Gasteiger partial charge in [-0.3, -0.25) is 4.79 Å². The Labute approximate surface area is 160 Å². The minimum absolute atomic E-state index is 0.114. The number of amides is 1. The van der Waals surface area contributed by atoms with Gasteiger partial charge in [0.15, 0.2) is 0 Å². The van der Waals surface area contributed by atoms with Crippen molar-refractivity contribution in [3.8, 4) is 5.75 Å². The van der Waals surface area contributed by atoms with Crippen LogP contribution in [0.3, 0.4) is 0 Å². The number of alkyl halides is 3. The predicted octanol–water partition coefficient (Wildman–Crippen LogP) is 3.62. The van der Waals surface area contributed by atoms with Crippen LogP contribution in [0.4, 0.5) is 17.6 Å². The fourth-order valence-electron chi connectivity index (χ4n) is 4.58. The number of benzene rings is 1. The van der Waals surface area contributed by atoms with Crippen LogP contribution in [0.15, 0.2) is 18.2 Å². The Hall–Kier alpha value is -1.83. The lowest BCUT2D eigenvalue weighted by Gasteiger charge is -2.35. The Balaban J connectivity index is 1.42. The molecule has 154 valence electrons. The molecule has 1 aromatic rings. The van der Waals surface area contributed by atoms with Crippen LogP contribution in [0.25, 0.3) is 0 Å². The summed E-state index contributed by atoms with van der Waals surface area (Å²) >= 11 is 0. The van der Waals surface area contributed by atoms with Gasteiger partial charge in [-0.25, -0.2) is 4.39 Å². The van der Waals surface area contributed by atoms with Crippen molar-refractivity contribution >= 4 is 5.91 Å². The molecular formula is C20H23F4NO3. The third-order valence-corrected chi connectivity index (χ3v) is 6.38. The summed E-state index contributed by atoms with van der Waals surface area (Å²) in [4.78, 5) is 14.3. The van der Waals surface area contributed by atoms with Crippen LogP contribution in [0.1, 0.15) is 37.7 Å². The summed E-state index contributed by atoms with van der Waals surface area (Å²) < 4.78 is 57.8. The molecule has 1 aromatic carbocycles. The standard InChI is InChI=1S/C20H23F4NO3/c21-16-5-4-14(8-15(16)20(22,23)24)28-18-7-13-10-25(9-12(13)6-17(18)26)19(27)11-2-1-3-11/h4-5,8,11-13,17-18,26H,1-3,6-7,9-10H2/t12-,13+,17+,18+/m0/s1. The van der Waals surface area contributed by atoms with Crippen molar-refractivity contribution in [2.75, 3.05) is 13.1 Å². The zero-order chi connectivity index (χ0) is 20.1. The molecule has 0 unspecified atom stereocenters. The van der Waals surface area contributed by atoms with Crippen molar-refractivity contribution in [2.45, 2.75) is 50.5 Å². The predicted molar refractivity (Wildman–Crippen MR) is 92.0 cm³/mol. The fraction of sp³-hybridized carbons (Fsp3) is 0.650. The highest BCUT2D eigenvalue weighted by atomic mass is 19.4. The lowest BCUT2D eigenvalue weighted by atomic mass is 9.78. The first-order valence-corrected chi connectivity index (χ1v) is 9.72. The molecule has 4 atom stereocenters. The molecule has 0 aromatic heterocycles. The van der Waals surface area contributed by atoms with Gasteiger partial charge >= 0.3 is 6.18 Å². The molecule has 1 N–H and O–H groups in total. The highest BCUT2D eigenvalue weighted by Gasteiger charge is 2.45. The summed E-state index contributed by atoms with van der Waals surface area (Å²) in [5.41, 5.74) is -1.38. The molecular weight excluding hydrogens is 378 g/mol. The van der Waals surface area contributed by atoms with Crippen molar-refractivity contribution in [3.63, 3.8) is 0 Å². The summed E-state index contributed by atoms with van der Waals surface area (Å²) in [6.07, 6.45) is -2.46. The molecule has 3 aliphatic rings. The second-order valence-electron chi connectivity index (χ2n) is 8.23. The van der Waals surface area contributed by atoms with E-state index in [1.165, 1.54) is 0 Å². The molecule has 3 fully saturated rings. The van der Waals surface area contributed by atoms with E-state index in [1.54, 1.807) is 0 Å². The van der Waals surface area contributed by atoms with E-state index in [1.807, 2.05) is 4.90 Å². The molecule has 1 saturated heterocycles. The van der Waals surface area contributed by atoms with E-state index in [0.29, 0.717) is 32.0 Å². The number of nitrogens with zero attached hydrogens (tertiary/aromatic N) is 1. The number of carbonyl (C=O) groups is 1. The van der Waals surface area contributed by atoms with E-state index in [2.05, 4.69) is 0 Å². The summed E-state index contributed by atoms with van der Waals surface area (Å²) in [5.74, 6) is -0.836. The molecule has 0 spiro atoms. The van der Waals surface area contributed by atoms with Crippen LogP contribution in [0, 0.1) is 23.6 Å². The smallest absolute Gasteiger partial charge is 0.419 e. The van der Waals surface area contributed by atoms with Gasteiger partial charge in [-0.05, 0) is 55.7 Å². The third kappa shape index (κ3) is 3.71. The highest BCUT2D eigenvalue weighted by molar-refractivity contribution is 5.79. The van der Waals surface area contributed by atoms with E-state index < -0.39 is 29.8 Å². The van der Waals surface area contributed by atoms with Gasteiger partial charge < -0.3 is 14.7 Å². The van der Waals surface area contributed by atoms with Gasteiger partial charge in [0.25, 0.3) is 0 Å². The van der Waals surface area contributed by atoms with E-state index in [-0.39, 0.29) is 29.4 Å². The van der Waals surface area contributed by atoms with Crippen LogP contribution >= 0.6 is 0 Å². The Kier molecular flexibility index (Phi) is 5.02. The third-order valence-electron chi connectivity index (χ3n) is 6.38. The highest BCUT2D eigenvalue weighted by Crippen LogP contribution is 2.40. The van der Waals surface area contributed by atoms with Crippen molar-refractivity contribution in [2.24, 2.45) is 17.8 Å². The summed E-state index contributed by atoms with van der Waals surface area (Å²) in [6, 6.07) is 2.50. The molecule has 8 heteroatoms. The first kappa shape index (κ1) is 19.5. The quantitative estimate of drug-likeness (QED) is 0.788. The van der Waals surface area contributed by atoms with Gasteiger partial charge in [0.05, 0.1) is 11.7 Å². The Morgan fingerprint density at radius 1 is 1.14 bits per heavy atom. The van der Waals surface area contributed by atoms with E-state index >= 15 is 0 Å². The van der Waals surface area contributed by atoms with E-state index in [0.717, 1.165) is 31.4 Å². The Morgan fingerprint density at radius 2 is 1.82 bits per heavy atom. The molecule has 28 heavy (non-hydrogen) atoms. The molecule has 1 aliphatic heterocycles. The van der Waals surface area contributed by atoms with Gasteiger partial charge in [0, 0.05) is 19.0 Å². The van der Waals surface area contributed by atoms with Gasteiger partial charge in [-0.2, -0.15) is 13.2 Å². The van der Waals surface area contributed by atoms with Gasteiger partial charge in [-0.1, -0.05) is 6.42 Å². The SMILES string of the molecule is O=C(C1CCC1)N1C[C@H]2C[C@@H](Oc3ccc(F)c(C(F)(F)F)c3)[C@H](O)C[C@H]2C1. The number of fused-ring (bicyclic) bond motifs is 1. The van der Waals surface area contributed by atoms with Crippen molar-refractivity contribution < 1.29 is 32.2 Å². The first-order valence-electron chi connectivity index (χ1n) is 9.72. The van der Waals surface area contributed by atoms with Crippen molar-refractivity contribution in [1.82, 2.24) is 4.90 Å². The second kappa shape index (κ2) is 7.21. The normalized spacial score (nSPS) is 30.7. The maximum Gasteiger partial charge on any atom is 0.419 e. The Bertz CT molecular complexity index is 749. The largest absolute Gasteiger partial charge is 0.488 e. The second-order valence-corrected chi connectivity index (χ2v) is 8.23. The summed E-state index contributed by atoms with van der Waals surface area (Å²) in [5, 5.41) is 10.4. The monoisotopic (exact) mass is 401 g/mol. The first-order chi connectivity index (χ1) is 13.2. The molecule has 0 radical (unpaired) electrons. The molecule has 2 aliphatic carbocycles. The van der Waals surface area contributed by atoms with E-state index in [4.69, 9.17) is 4.74 Å². The fourth-order valence-corrected chi connectivity index (χ4v) is 4.58. The average Bonchev–Trinajstić information content (AvgIpc) is 2.97. The molecule has 1 amide bonds. The number of hydrogen-bond donors (Lipinski definition) is 1. The topological polar surface area (TPSA) is 49.8 Å².